The number of amides is 1. The second kappa shape index (κ2) is 8.93. The third-order valence-electron chi connectivity index (χ3n) is 6.39. The molecule has 2 fully saturated rings. The number of hydrogen-bond acceptors (Lipinski definition) is 6. The molecular formula is C24H27N3O4S. The van der Waals surface area contributed by atoms with E-state index in [4.69, 9.17) is 4.18 Å². The van der Waals surface area contributed by atoms with E-state index in [1.165, 1.54) is 12.1 Å². The lowest BCUT2D eigenvalue weighted by Crippen LogP contribution is -2.45. The predicted octanol–water partition coefficient (Wildman–Crippen LogP) is 3.03. The molecule has 32 heavy (non-hydrogen) atoms. The van der Waals surface area contributed by atoms with Crippen molar-refractivity contribution in [1.82, 2.24) is 10.2 Å². The molecule has 1 amide bonds. The zero-order chi connectivity index (χ0) is 22.9. The maximum atomic E-state index is 12.9. The predicted molar refractivity (Wildman–Crippen MR) is 120 cm³/mol. The maximum absolute atomic E-state index is 12.9. The Morgan fingerprint density at radius 3 is 2.66 bits per heavy atom. The number of aryl methyl sites for hydroxylation is 1. The van der Waals surface area contributed by atoms with Crippen molar-refractivity contribution >= 4 is 16.0 Å². The highest BCUT2D eigenvalue weighted by molar-refractivity contribution is 7.87. The summed E-state index contributed by atoms with van der Waals surface area (Å²) in [4.78, 5) is 14.7. The van der Waals surface area contributed by atoms with Crippen LogP contribution in [0.3, 0.4) is 0 Å². The second-order valence-corrected chi connectivity index (χ2v) is 10.1. The Bertz CT molecular complexity index is 1150. The fraction of sp³-hybridized carbons (Fsp3) is 0.417. The van der Waals surface area contributed by atoms with Crippen LogP contribution in [0.5, 0.6) is 5.75 Å². The number of nitrogens with zero attached hydrogens (tertiary/aromatic N) is 2. The standard InChI is InChI=1S/C24H27N3O4S/c1-16-8-10-20(11-9-16)32(29,30)31-23-7-3-6-21(17(23)2)18-13-22(26-15-18)24(28)27-12-4-5-19(27)14-25/h3,6-11,18-19,22,26H,4-5,12-13,15H2,1-2H3/t18-,19-,22-/m0/s1. The summed E-state index contributed by atoms with van der Waals surface area (Å²) in [7, 11) is -3.94. The molecule has 2 heterocycles. The van der Waals surface area contributed by atoms with Crippen molar-refractivity contribution in [1.29, 1.82) is 5.26 Å². The highest BCUT2D eigenvalue weighted by atomic mass is 32.2. The zero-order valence-corrected chi connectivity index (χ0v) is 19.1. The van der Waals surface area contributed by atoms with Gasteiger partial charge in [0, 0.05) is 13.1 Å². The van der Waals surface area contributed by atoms with Gasteiger partial charge in [0.25, 0.3) is 0 Å². The first-order valence-electron chi connectivity index (χ1n) is 10.8. The van der Waals surface area contributed by atoms with Gasteiger partial charge in [-0.05, 0) is 68.4 Å². The maximum Gasteiger partial charge on any atom is 0.339 e. The van der Waals surface area contributed by atoms with E-state index in [0.717, 1.165) is 29.5 Å². The topological polar surface area (TPSA) is 99.5 Å². The molecule has 2 aliphatic rings. The first-order valence-corrected chi connectivity index (χ1v) is 12.2. The Morgan fingerprint density at radius 1 is 1.19 bits per heavy atom. The van der Waals surface area contributed by atoms with Crippen LogP contribution in [0.2, 0.25) is 0 Å². The Kier molecular flexibility index (Phi) is 6.22. The van der Waals surface area contributed by atoms with Crippen molar-refractivity contribution in [2.45, 2.75) is 56.0 Å². The molecule has 0 unspecified atom stereocenters. The van der Waals surface area contributed by atoms with Gasteiger partial charge in [0.15, 0.2) is 0 Å². The van der Waals surface area contributed by atoms with Gasteiger partial charge in [0.2, 0.25) is 5.91 Å². The van der Waals surface area contributed by atoms with E-state index in [1.807, 2.05) is 19.9 Å². The molecule has 168 valence electrons. The minimum absolute atomic E-state index is 0.0245. The van der Waals surface area contributed by atoms with Crippen molar-refractivity contribution in [3.05, 3.63) is 59.2 Å². The molecule has 2 aliphatic heterocycles. The molecule has 0 aliphatic carbocycles. The van der Waals surface area contributed by atoms with Gasteiger partial charge in [-0.1, -0.05) is 29.8 Å². The smallest absolute Gasteiger partial charge is 0.339 e. The van der Waals surface area contributed by atoms with Gasteiger partial charge in [-0.3, -0.25) is 4.79 Å². The quantitative estimate of drug-likeness (QED) is 0.699. The number of hydrogen-bond donors (Lipinski definition) is 1. The molecule has 8 heteroatoms. The molecule has 3 atom stereocenters. The van der Waals surface area contributed by atoms with Crippen molar-refractivity contribution in [2.24, 2.45) is 0 Å². The summed E-state index contributed by atoms with van der Waals surface area (Å²) in [6, 6.07) is 13.5. The Morgan fingerprint density at radius 2 is 1.94 bits per heavy atom. The number of carbonyl (C=O) groups is 1. The van der Waals surface area contributed by atoms with E-state index in [1.54, 1.807) is 29.2 Å². The van der Waals surface area contributed by atoms with Gasteiger partial charge in [0.05, 0.1) is 12.1 Å². The largest absolute Gasteiger partial charge is 0.379 e. The summed E-state index contributed by atoms with van der Waals surface area (Å²) in [6.07, 6.45) is 2.18. The lowest BCUT2D eigenvalue weighted by molar-refractivity contribution is -0.133. The highest BCUT2D eigenvalue weighted by Crippen LogP contribution is 2.34. The molecule has 2 aromatic carbocycles. The Hall–Kier alpha value is -2.89. The van der Waals surface area contributed by atoms with E-state index in [-0.39, 0.29) is 28.8 Å². The highest BCUT2D eigenvalue weighted by Gasteiger charge is 2.38. The van der Waals surface area contributed by atoms with Gasteiger partial charge < -0.3 is 14.4 Å². The Labute approximate surface area is 189 Å². The first-order chi connectivity index (χ1) is 15.3. The van der Waals surface area contributed by atoms with Gasteiger partial charge in [0.1, 0.15) is 16.7 Å². The van der Waals surface area contributed by atoms with Crippen LogP contribution in [-0.2, 0) is 14.9 Å². The van der Waals surface area contributed by atoms with Crippen LogP contribution >= 0.6 is 0 Å². The molecule has 4 rings (SSSR count). The van der Waals surface area contributed by atoms with E-state index in [9.17, 15) is 18.5 Å². The fourth-order valence-electron chi connectivity index (χ4n) is 4.56. The van der Waals surface area contributed by atoms with Crippen LogP contribution < -0.4 is 9.50 Å². The summed E-state index contributed by atoms with van der Waals surface area (Å²) < 4.78 is 31.0. The minimum atomic E-state index is -3.94. The number of likely N-dealkylation sites (tertiary alicyclic amines) is 1. The van der Waals surface area contributed by atoms with Gasteiger partial charge in [-0.2, -0.15) is 13.7 Å². The summed E-state index contributed by atoms with van der Waals surface area (Å²) in [6.45, 7) is 4.97. The number of nitriles is 1. The number of carbonyl (C=O) groups excluding carboxylic acids is 1. The molecule has 2 saturated heterocycles. The van der Waals surface area contributed by atoms with E-state index in [2.05, 4.69) is 11.4 Å². The van der Waals surface area contributed by atoms with Gasteiger partial charge >= 0.3 is 10.1 Å². The molecule has 0 bridgehead atoms. The normalized spacial score (nSPS) is 23.2. The Balaban J connectivity index is 1.50. The van der Waals surface area contributed by atoms with E-state index >= 15 is 0 Å². The first kappa shape index (κ1) is 22.3. The second-order valence-electron chi connectivity index (χ2n) is 8.53. The third kappa shape index (κ3) is 4.36. The molecular weight excluding hydrogens is 426 g/mol. The van der Waals surface area contributed by atoms with Crippen LogP contribution in [0.25, 0.3) is 0 Å². The van der Waals surface area contributed by atoms with Crippen molar-refractivity contribution in [3.8, 4) is 11.8 Å². The summed E-state index contributed by atoms with van der Waals surface area (Å²) >= 11 is 0. The summed E-state index contributed by atoms with van der Waals surface area (Å²) in [5.41, 5.74) is 2.68. The lowest BCUT2D eigenvalue weighted by atomic mass is 9.92. The molecule has 2 aromatic rings. The monoisotopic (exact) mass is 453 g/mol. The number of benzene rings is 2. The average molecular weight is 454 g/mol. The van der Waals surface area contributed by atoms with Crippen LogP contribution in [0.1, 0.15) is 41.9 Å². The summed E-state index contributed by atoms with van der Waals surface area (Å²) in [5, 5.41) is 12.6. The van der Waals surface area contributed by atoms with Crippen LogP contribution in [-0.4, -0.2) is 44.4 Å². The molecule has 0 radical (unpaired) electrons. The van der Waals surface area contributed by atoms with Crippen LogP contribution in [0.4, 0.5) is 0 Å². The number of rotatable bonds is 5. The minimum Gasteiger partial charge on any atom is -0.379 e. The molecule has 0 aromatic heterocycles. The third-order valence-corrected chi connectivity index (χ3v) is 7.64. The molecule has 0 saturated carbocycles. The van der Waals surface area contributed by atoms with Gasteiger partial charge in [-0.25, -0.2) is 0 Å². The van der Waals surface area contributed by atoms with Gasteiger partial charge in [-0.15, -0.1) is 0 Å². The van der Waals surface area contributed by atoms with Crippen molar-refractivity contribution in [2.75, 3.05) is 13.1 Å². The molecule has 1 N–H and O–H groups in total. The van der Waals surface area contributed by atoms with E-state index < -0.39 is 10.1 Å². The molecule has 7 nitrogen and oxygen atoms in total. The zero-order valence-electron chi connectivity index (χ0n) is 18.2. The lowest BCUT2D eigenvalue weighted by Gasteiger charge is -2.23. The fourth-order valence-corrected chi connectivity index (χ4v) is 5.54. The number of nitrogens with one attached hydrogen (secondary N) is 1. The average Bonchev–Trinajstić information content (AvgIpc) is 3.44. The van der Waals surface area contributed by atoms with Crippen LogP contribution in [0, 0.1) is 25.2 Å². The molecule has 0 spiro atoms. The SMILES string of the molecule is Cc1ccc(S(=O)(=O)Oc2cccc([C@@H]3CN[C@H](C(=O)N4CCC[C@H]4C#N)C3)c2C)cc1. The van der Waals surface area contributed by atoms with Crippen molar-refractivity contribution < 1.29 is 17.4 Å². The summed E-state index contributed by atoms with van der Waals surface area (Å²) in [5.74, 6) is 0.322. The van der Waals surface area contributed by atoms with E-state index in [0.29, 0.717) is 25.3 Å². The van der Waals surface area contributed by atoms with Crippen molar-refractivity contribution in [3.63, 3.8) is 0 Å². The van der Waals surface area contributed by atoms with Crippen LogP contribution in [0.15, 0.2) is 47.4 Å².